The molecule has 0 radical (unpaired) electrons. The van der Waals surface area contributed by atoms with Gasteiger partial charge in [-0.05, 0) is 81.9 Å². The summed E-state index contributed by atoms with van der Waals surface area (Å²) in [4.78, 5) is 17.7. The topological polar surface area (TPSA) is 51.1 Å². The molecule has 9 aromatic carbocycles. The minimum absolute atomic E-state index is 0.601. The van der Waals surface area contributed by atoms with Crippen molar-refractivity contribution in [3.05, 3.63) is 253 Å². The largest absolute Gasteiger partial charge is 0.457 e. The summed E-state index contributed by atoms with van der Waals surface area (Å²) < 4.78 is 6.79. The first-order valence-electron chi connectivity index (χ1n) is 22.3. The van der Waals surface area contributed by atoms with Crippen molar-refractivity contribution in [1.29, 1.82) is 0 Å². The fourth-order valence-corrected chi connectivity index (χ4v) is 9.53. The Balaban J connectivity index is 0.00000231. The predicted molar refractivity (Wildman–Crippen MR) is 265 cm³/mol. The lowest BCUT2D eigenvalue weighted by molar-refractivity contribution is 0.434. The highest BCUT2D eigenvalue weighted by Gasteiger charge is 2.51. The Morgan fingerprint density at radius 3 is 1.17 bits per heavy atom. The predicted octanol–water partition coefficient (Wildman–Crippen LogP) is 15.5. The van der Waals surface area contributed by atoms with Crippen LogP contribution in [0.4, 0.5) is 17.1 Å². The zero-order valence-electron chi connectivity index (χ0n) is 36.1. The first kappa shape index (κ1) is 39.4. The van der Waals surface area contributed by atoms with Gasteiger partial charge in [0, 0.05) is 33.5 Å². The first-order valence-corrected chi connectivity index (χ1v) is 22.3. The van der Waals surface area contributed by atoms with E-state index < -0.39 is 5.41 Å². The molecule has 10 aromatic rings. The van der Waals surface area contributed by atoms with Crippen LogP contribution in [0.2, 0.25) is 0 Å². The summed E-state index contributed by atoms with van der Waals surface area (Å²) in [6.45, 7) is 4.00. The number of para-hydroxylation sites is 2. The van der Waals surface area contributed by atoms with Crippen LogP contribution < -0.4 is 9.64 Å². The second kappa shape index (κ2) is 16.7. The van der Waals surface area contributed by atoms with Gasteiger partial charge in [0.2, 0.25) is 0 Å². The molecule has 0 fully saturated rings. The van der Waals surface area contributed by atoms with Gasteiger partial charge in [0.1, 0.15) is 11.5 Å². The van der Waals surface area contributed by atoms with E-state index in [1.807, 2.05) is 74.5 Å². The Bertz CT molecular complexity index is 3120. The third-order valence-corrected chi connectivity index (χ3v) is 12.4. The zero-order valence-corrected chi connectivity index (χ0v) is 36.1. The first-order chi connectivity index (χ1) is 32.2. The van der Waals surface area contributed by atoms with Gasteiger partial charge in [0.05, 0.1) is 16.8 Å². The molecule has 3 heterocycles. The fraction of sp³-hybridized carbons (Fsp3) is 0.0500. The number of hydrogen-bond acceptors (Lipinski definition) is 5. The number of rotatable bonds is 6. The lowest BCUT2D eigenvalue weighted by Gasteiger charge is -2.49. The van der Waals surface area contributed by atoms with Crippen molar-refractivity contribution in [2.45, 2.75) is 19.3 Å². The number of anilines is 3. The van der Waals surface area contributed by atoms with Crippen molar-refractivity contribution in [2.75, 3.05) is 4.90 Å². The van der Waals surface area contributed by atoms with Gasteiger partial charge in [-0.1, -0.05) is 196 Å². The Hall–Kier alpha value is -8.41. The van der Waals surface area contributed by atoms with E-state index in [1.54, 1.807) is 0 Å². The minimum atomic E-state index is -0.747. The van der Waals surface area contributed by atoms with Gasteiger partial charge in [-0.15, -0.1) is 0 Å². The molecule has 0 saturated carbocycles. The van der Waals surface area contributed by atoms with Gasteiger partial charge in [0.25, 0.3) is 0 Å². The van der Waals surface area contributed by atoms with Gasteiger partial charge < -0.3 is 9.64 Å². The zero-order chi connectivity index (χ0) is 43.7. The highest BCUT2D eigenvalue weighted by molar-refractivity contribution is 5.94. The molecule has 0 bridgehead atoms. The van der Waals surface area contributed by atoms with Crippen LogP contribution in [-0.4, -0.2) is 15.0 Å². The van der Waals surface area contributed by atoms with Crippen LogP contribution in [0.15, 0.2) is 231 Å². The molecule has 1 aromatic heterocycles. The van der Waals surface area contributed by atoms with E-state index in [0.29, 0.717) is 17.5 Å². The van der Waals surface area contributed by atoms with Crippen LogP contribution in [-0.2, 0) is 5.41 Å². The average molecular weight is 837 g/mol. The normalized spacial score (nSPS) is 12.7. The third kappa shape index (κ3) is 6.77. The molecule has 5 nitrogen and oxygen atoms in total. The molecule has 0 saturated heterocycles. The quantitative estimate of drug-likeness (QED) is 0.167. The molecule has 0 N–H and O–H groups in total. The molecule has 12 rings (SSSR count). The summed E-state index contributed by atoms with van der Waals surface area (Å²) in [5, 5.41) is 0. The van der Waals surface area contributed by atoms with Crippen LogP contribution in [0.1, 0.15) is 36.1 Å². The SMILES string of the molecule is CC.c1ccc(-c2ccc3c(c2)C2(c4ccccc4Oc4ccccc42)c2cc(-c4ccccc4)ccc2N3c2cccc(-c3nc(-c4ccccc4)nc(-c4ccccc4)n3)c2)cc1. The second-order valence-corrected chi connectivity index (χ2v) is 16.0. The fourth-order valence-electron chi connectivity index (χ4n) is 9.53. The van der Waals surface area contributed by atoms with Gasteiger partial charge in [-0.25, -0.2) is 15.0 Å². The molecule has 310 valence electrons. The molecule has 65 heavy (non-hydrogen) atoms. The Morgan fingerprint density at radius 2 is 0.708 bits per heavy atom. The molecule has 1 spiro atoms. The van der Waals surface area contributed by atoms with Crippen molar-refractivity contribution < 1.29 is 4.74 Å². The number of nitrogens with zero attached hydrogens (tertiary/aromatic N) is 4. The van der Waals surface area contributed by atoms with Crippen LogP contribution in [0.5, 0.6) is 11.5 Å². The van der Waals surface area contributed by atoms with Gasteiger partial charge >= 0.3 is 0 Å². The molecule has 0 atom stereocenters. The number of hydrogen-bond donors (Lipinski definition) is 0. The molecule has 0 unspecified atom stereocenters. The van der Waals surface area contributed by atoms with E-state index in [-0.39, 0.29) is 0 Å². The summed E-state index contributed by atoms with van der Waals surface area (Å²) in [6.07, 6.45) is 0. The van der Waals surface area contributed by atoms with Gasteiger partial charge in [-0.2, -0.15) is 0 Å². The highest BCUT2D eigenvalue weighted by atomic mass is 16.5. The van der Waals surface area contributed by atoms with E-state index in [4.69, 9.17) is 19.7 Å². The molecular formula is C60H44N4O. The van der Waals surface area contributed by atoms with Crippen molar-refractivity contribution in [1.82, 2.24) is 15.0 Å². The highest BCUT2D eigenvalue weighted by Crippen LogP contribution is 2.63. The molecule has 2 aliphatic rings. The summed E-state index contributed by atoms with van der Waals surface area (Å²) in [7, 11) is 0. The number of benzene rings is 9. The smallest absolute Gasteiger partial charge is 0.164 e. The van der Waals surface area contributed by atoms with E-state index in [1.165, 1.54) is 0 Å². The summed E-state index contributed by atoms with van der Waals surface area (Å²) >= 11 is 0. The maximum absolute atomic E-state index is 6.79. The van der Waals surface area contributed by atoms with Crippen molar-refractivity contribution in [2.24, 2.45) is 0 Å². The summed E-state index contributed by atoms with van der Waals surface area (Å²) in [5.74, 6) is 3.54. The number of fused-ring (bicyclic) bond motifs is 8. The molecule has 0 amide bonds. The molecule has 0 aliphatic carbocycles. The van der Waals surface area contributed by atoms with Crippen molar-refractivity contribution in [3.8, 4) is 67.9 Å². The Kier molecular flexibility index (Phi) is 10.1. The monoisotopic (exact) mass is 836 g/mol. The van der Waals surface area contributed by atoms with E-state index in [2.05, 4.69) is 175 Å². The average Bonchev–Trinajstić information content (AvgIpc) is 3.40. The Labute approximate surface area is 380 Å². The lowest BCUT2D eigenvalue weighted by Crippen LogP contribution is -2.39. The maximum atomic E-state index is 6.79. The van der Waals surface area contributed by atoms with E-state index >= 15 is 0 Å². The van der Waals surface area contributed by atoms with Crippen LogP contribution in [0.3, 0.4) is 0 Å². The second-order valence-electron chi connectivity index (χ2n) is 16.0. The third-order valence-electron chi connectivity index (χ3n) is 12.4. The van der Waals surface area contributed by atoms with Crippen LogP contribution >= 0.6 is 0 Å². The van der Waals surface area contributed by atoms with E-state index in [0.717, 1.165) is 89.8 Å². The number of ether oxygens (including phenoxy) is 1. The van der Waals surface area contributed by atoms with Gasteiger partial charge in [0.15, 0.2) is 17.5 Å². The van der Waals surface area contributed by atoms with Crippen LogP contribution in [0.25, 0.3) is 56.4 Å². The lowest BCUT2D eigenvalue weighted by atomic mass is 9.60. The van der Waals surface area contributed by atoms with Crippen molar-refractivity contribution >= 4 is 17.1 Å². The van der Waals surface area contributed by atoms with Crippen molar-refractivity contribution in [3.63, 3.8) is 0 Å². The number of aromatic nitrogens is 3. The van der Waals surface area contributed by atoms with E-state index in [9.17, 15) is 0 Å². The molecule has 5 heteroatoms. The standard InChI is InChI=1S/C58H38N4O.C2H6/c1-5-18-39(19-6-1)43-32-34-51-49(37-43)58(47-28-13-15-30-53(47)63-54-31-16-14-29-48(54)58)50-38-44(40-20-7-2-8-21-40)33-35-52(50)62(51)46-27-17-26-45(36-46)57-60-55(41-22-9-3-10-23-41)59-56(61-57)42-24-11-4-12-25-42;1-2/h1-38H;1-2H3. The maximum Gasteiger partial charge on any atom is 0.164 e. The summed E-state index contributed by atoms with van der Waals surface area (Å²) in [6, 6.07) is 81.2. The Morgan fingerprint density at radius 1 is 0.323 bits per heavy atom. The summed E-state index contributed by atoms with van der Waals surface area (Å²) in [5.41, 5.74) is 14.2. The molecule has 2 aliphatic heterocycles. The molecular weight excluding hydrogens is 793 g/mol. The van der Waals surface area contributed by atoms with Crippen LogP contribution in [0, 0.1) is 0 Å². The van der Waals surface area contributed by atoms with Gasteiger partial charge in [-0.3, -0.25) is 0 Å². The minimum Gasteiger partial charge on any atom is -0.457 e.